The molecule has 1 heterocycles. The van der Waals surface area contributed by atoms with Crippen LogP contribution in [0.2, 0.25) is 0 Å². The number of anilines is 1. The first-order valence-electron chi connectivity index (χ1n) is 5.22. The van der Waals surface area contributed by atoms with Crippen LogP contribution >= 0.6 is 15.9 Å². The molecule has 2 aromatic rings. The summed E-state index contributed by atoms with van der Waals surface area (Å²) in [5.74, 6) is 0.545. The highest BCUT2D eigenvalue weighted by atomic mass is 79.9. The first-order chi connectivity index (χ1) is 7.72. The molecular formula is C13H13BrN2. The van der Waals surface area contributed by atoms with Crippen LogP contribution in [0, 0.1) is 0 Å². The molecule has 0 saturated heterocycles. The van der Waals surface area contributed by atoms with Crippen LogP contribution in [-0.4, -0.2) is 4.98 Å². The summed E-state index contributed by atoms with van der Waals surface area (Å²) in [4.78, 5) is 4.38. The molecule has 0 aliphatic rings. The van der Waals surface area contributed by atoms with Gasteiger partial charge < -0.3 is 5.73 Å². The Morgan fingerprint density at radius 2 is 1.94 bits per heavy atom. The van der Waals surface area contributed by atoms with Gasteiger partial charge in [0.2, 0.25) is 0 Å². The standard InChI is InChI=1S/C13H13BrN2/c1-2-9-5-3-4-6-10(9)13-11(14)7-8-12(15)16-13/h3-8H,2H2,1H3,(H2,15,16). The van der Waals surface area contributed by atoms with Gasteiger partial charge in [0.15, 0.2) is 0 Å². The number of nitrogen functional groups attached to an aromatic ring is 1. The maximum absolute atomic E-state index is 5.72. The summed E-state index contributed by atoms with van der Waals surface area (Å²) in [6.45, 7) is 2.14. The van der Waals surface area contributed by atoms with Crippen molar-refractivity contribution in [2.75, 3.05) is 5.73 Å². The quantitative estimate of drug-likeness (QED) is 0.909. The van der Waals surface area contributed by atoms with Crippen LogP contribution in [0.1, 0.15) is 12.5 Å². The molecule has 2 nitrogen and oxygen atoms in total. The number of hydrogen-bond acceptors (Lipinski definition) is 2. The molecule has 0 radical (unpaired) electrons. The van der Waals surface area contributed by atoms with Gasteiger partial charge in [-0.2, -0.15) is 0 Å². The van der Waals surface area contributed by atoms with Crippen LogP contribution in [0.4, 0.5) is 5.82 Å². The topological polar surface area (TPSA) is 38.9 Å². The van der Waals surface area contributed by atoms with Crippen molar-refractivity contribution in [3.8, 4) is 11.3 Å². The normalized spacial score (nSPS) is 10.4. The Balaban J connectivity index is 2.62. The van der Waals surface area contributed by atoms with Crippen molar-refractivity contribution < 1.29 is 0 Å². The molecule has 2 rings (SSSR count). The van der Waals surface area contributed by atoms with E-state index < -0.39 is 0 Å². The minimum Gasteiger partial charge on any atom is -0.384 e. The van der Waals surface area contributed by atoms with Gasteiger partial charge in [-0.3, -0.25) is 0 Å². The number of benzene rings is 1. The smallest absolute Gasteiger partial charge is 0.124 e. The Kier molecular flexibility index (Phi) is 3.25. The monoisotopic (exact) mass is 276 g/mol. The average molecular weight is 277 g/mol. The van der Waals surface area contributed by atoms with Gasteiger partial charge >= 0.3 is 0 Å². The number of rotatable bonds is 2. The van der Waals surface area contributed by atoms with E-state index in [4.69, 9.17) is 5.73 Å². The van der Waals surface area contributed by atoms with Crippen molar-refractivity contribution in [2.24, 2.45) is 0 Å². The molecule has 16 heavy (non-hydrogen) atoms. The molecule has 3 heteroatoms. The number of aryl methyl sites for hydroxylation is 1. The molecule has 0 aliphatic heterocycles. The Hall–Kier alpha value is -1.35. The van der Waals surface area contributed by atoms with Gasteiger partial charge in [0.1, 0.15) is 5.82 Å². The minimum absolute atomic E-state index is 0.545. The third-order valence-electron chi connectivity index (χ3n) is 2.52. The molecule has 0 spiro atoms. The summed E-state index contributed by atoms with van der Waals surface area (Å²) in [5, 5.41) is 0. The lowest BCUT2D eigenvalue weighted by atomic mass is 10.0. The van der Waals surface area contributed by atoms with Gasteiger partial charge in [0.25, 0.3) is 0 Å². The summed E-state index contributed by atoms with van der Waals surface area (Å²) >= 11 is 3.51. The van der Waals surface area contributed by atoms with Crippen LogP contribution in [0.5, 0.6) is 0 Å². The largest absolute Gasteiger partial charge is 0.384 e. The number of pyridine rings is 1. The molecule has 1 aromatic carbocycles. The molecule has 2 N–H and O–H groups in total. The Labute approximate surface area is 104 Å². The van der Waals surface area contributed by atoms with Gasteiger partial charge in [0.05, 0.1) is 5.69 Å². The van der Waals surface area contributed by atoms with E-state index in [1.165, 1.54) is 5.56 Å². The first kappa shape index (κ1) is 11.1. The fourth-order valence-corrected chi connectivity index (χ4v) is 2.14. The molecule has 0 bridgehead atoms. The number of hydrogen-bond donors (Lipinski definition) is 1. The van der Waals surface area contributed by atoms with Crippen LogP contribution < -0.4 is 5.73 Å². The second-order valence-corrected chi connectivity index (χ2v) is 4.43. The average Bonchev–Trinajstić information content (AvgIpc) is 2.32. The summed E-state index contributed by atoms with van der Waals surface area (Å²) in [6.07, 6.45) is 0.985. The first-order valence-corrected chi connectivity index (χ1v) is 6.02. The third kappa shape index (κ3) is 2.09. The van der Waals surface area contributed by atoms with Crippen LogP contribution in [0.25, 0.3) is 11.3 Å². The van der Waals surface area contributed by atoms with E-state index in [1.54, 1.807) is 6.07 Å². The maximum Gasteiger partial charge on any atom is 0.124 e. The van der Waals surface area contributed by atoms with E-state index in [1.807, 2.05) is 18.2 Å². The van der Waals surface area contributed by atoms with Gasteiger partial charge in [0, 0.05) is 10.0 Å². The number of halogens is 1. The summed E-state index contributed by atoms with van der Waals surface area (Å²) < 4.78 is 0.975. The number of nitrogens with two attached hydrogens (primary N) is 1. The minimum atomic E-state index is 0.545. The molecule has 82 valence electrons. The van der Waals surface area contributed by atoms with E-state index in [0.29, 0.717) is 5.82 Å². The fraction of sp³-hybridized carbons (Fsp3) is 0.154. The molecule has 0 unspecified atom stereocenters. The maximum atomic E-state index is 5.72. The molecule has 0 atom stereocenters. The van der Waals surface area contributed by atoms with Gasteiger partial charge in [-0.1, -0.05) is 31.2 Å². The Bertz CT molecular complexity index is 509. The third-order valence-corrected chi connectivity index (χ3v) is 3.16. The number of aromatic nitrogens is 1. The lowest BCUT2D eigenvalue weighted by Crippen LogP contribution is -1.95. The van der Waals surface area contributed by atoms with Crippen LogP contribution in [0.15, 0.2) is 40.9 Å². The van der Waals surface area contributed by atoms with E-state index in [0.717, 1.165) is 22.2 Å². The second kappa shape index (κ2) is 4.66. The van der Waals surface area contributed by atoms with Crippen molar-refractivity contribution in [1.29, 1.82) is 0 Å². The summed E-state index contributed by atoms with van der Waals surface area (Å²) in [7, 11) is 0. The molecule has 0 aliphatic carbocycles. The zero-order valence-electron chi connectivity index (χ0n) is 9.07. The lowest BCUT2D eigenvalue weighted by molar-refractivity contribution is 1.13. The zero-order valence-corrected chi connectivity index (χ0v) is 10.7. The highest BCUT2D eigenvalue weighted by Crippen LogP contribution is 2.29. The molecule has 0 saturated carbocycles. The lowest BCUT2D eigenvalue weighted by Gasteiger charge is -2.09. The van der Waals surface area contributed by atoms with E-state index >= 15 is 0 Å². The second-order valence-electron chi connectivity index (χ2n) is 3.58. The predicted octanol–water partition coefficient (Wildman–Crippen LogP) is 3.66. The van der Waals surface area contributed by atoms with Crippen LogP contribution in [-0.2, 0) is 6.42 Å². The SMILES string of the molecule is CCc1ccccc1-c1nc(N)ccc1Br. The van der Waals surface area contributed by atoms with E-state index in [-0.39, 0.29) is 0 Å². The van der Waals surface area contributed by atoms with Gasteiger partial charge in [-0.25, -0.2) is 4.98 Å². The van der Waals surface area contributed by atoms with Gasteiger partial charge in [-0.15, -0.1) is 0 Å². The predicted molar refractivity (Wildman–Crippen MR) is 71.2 cm³/mol. The van der Waals surface area contributed by atoms with Crippen molar-refractivity contribution in [3.05, 3.63) is 46.4 Å². The fourth-order valence-electron chi connectivity index (χ4n) is 1.71. The summed E-state index contributed by atoms with van der Waals surface area (Å²) in [5.41, 5.74) is 9.06. The Morgan fingerprint density at radius 1 is 1.19 bits per heavy atom. The van der Waals surface area contributed by atoms with Crippen molar-refractivity contribution in [3.63, 3.8) is 0 Å². The Morgan fingerprint density at radius 3 is 2.69 bits per heavy atom. The van der Waals surface area contributed by atoms with Crippen molar-refractivity contribution in [1.82, 2.24) is 4.98 Å². The highest BCUT2D eigenvalue weighted by molar-refractivity contribution is 9.10. The van der Waals surface area contributed by atoms with Gasteiger partial charge in [-0.05, 0) is 40.0 Å². The van der Waals surface area contributed by atoms with E-state index in [2.05, 4.69) is 40.0 Å². The molecular weight excluding hydrogens is 264 g/mol. The zero-order chi connectivity index (χ0) is 11.5. The van der Waals surface area contributed by atoms with Crippen LogP contribution in [0.3, 0.4) is 0 Å². The highest BCUT2D eigenvalue weighted by Gasteiger charge is 2.08. The van der Waals surface area contributed by atoms with E-state index in [9.17, 15) is 0 Å². The van der Waals surface area contributed by atoms with Crippen molar-refractivity contribution >= 4 is 21.7 Å². The number of nitrogens with zero attached hydrogens (tertiary/aromatic N) is 1. The summed E-state index contributed by atoms with van der Waals surface area (Å²) in [6, 6.07) is 12.0. The van der Waals surface area contributed by atoms with Crippen molar-refractivity contribution in [2.45, 2.75) is 13.3 Å². The molecule has 0 fully saturated rings. The molecule has 0 amide bonds. The molecule has 1 aromatic heterocycles.